The Labute approximate surface area is 123 Å². The van der Waals surface area contributed by atoms with E-state index in [2.05, 4.69) is 13.0 Å². The summed E-state index contributed by atoms with van der Waals surface area (Å²) in [6.45, 7) is 2.43. The van der Waals surface area contributed by atoms with Gasteiger partial charge in [0.25, 0.3) is 0 Å². The highest BCUT2D eigenvalue weighted by molar-refractivity contribution is 7.14. The SMILES string of the molecule is CCc1ccc(C(=O)CN(C)c2ccc(C#N)cc2)s1. The largest absolute Gasteiger partial charge is 0.367 e. The Kier molecular flexibility index (Phi) is 4.54. The van der Waals surface area contributed by atoms with Crippen molar-refractivity contribution >= 4 is 22.8 Å². The van der Waals surface area contributed by atoms with E-state index in [0.29, 0.717) is 12.1 Å². The highest BCUT2D eigenvalue weighted by Crippen LogP contribution is 2.19. The molecule has 0 unspecified atom stereocenters. The lowest BCUT2D eigenvalue weighted by molar-refractivity contribution is 0.100. The standard InChI is InChI=1S/C16H16N2OS/c1-3-14-8-9-16(20-14)15(19)11-18(2)13-6-4-12(10-17)5-7-13/h4-9H,3,11H2,1-2H3. The maximum atomic E-state index is 12.2. The highest BCUT2D eigenvalue weighted by Gasteiger charge is 2.12. The van der Waals surface area contributed by atoms with Crippen LogP contribution in [0.1, 0.15) is 27.0 Å². The molecule has 0 aliphatic rings. The number of hydrogen-bond donors (Lipinski definition) is 0. The lowest BCUT2D eigenvalue weighted by Crippen LogP contribution is -2.25. The number of thiophene rings is 1. The molecule has 3 nitrogen and oxygen atoms in total. The van der Waals surface area contributed by atoms with E-state index in [1.807, 2.05) is 36.2 Å². The van der Waals surface area contributed by atoms with Crippen LogP contribution in [0.4, 0.5) is 5.69 Å². The molecule has 1 aromatic carbocycles. The smallest absolute Gasteiger partial charge is 0.191 e. The molecule has 0 atom stereocenters. The fourth-order valence-electron chi connectivity index (χ4n) is 1.89. The molecule has 0 N–H and O–H groups in total. The quantitative estimate of drug-likeness (QED) is 0.789. The molecule has 0 saturated heterocycles. The third-order valence-electron chi connectivity index (χ3n) is 3.10. The molecule has 0 aliphatic heterocycles. The van der Waals surface area contributed by atoms with Crippen LogP contribution in [-0.2, 0) is 6.42 Å². The summed E-state index contributed by atoms with van der Waals surface area (Å²) < 4.78 is 0. The van der Waals surface area contributed by atoms with Crippen molar-refractivity contribution < 1.29 is 4.79 Å². The summed E-state index contributed by atoms with van der Waals surface area (Å²) in [6.07, 6.45) is 0.962. The Morgan fingerprint density at radius 2 is 1.95 bits per heavy atom. The van der Waals surface area contributed by atoms with Crippen molar-refractivity contribution in [3.63, 3.8) is 0 Å². The van der Waals surface area contributed by atoms with E-state index >= 15 is 0 Å². The molecule has 1 aromatic heterocycles. The predicted molar refractivity (Wildman–Crippen MR) is 82.5 cm³/mol. The van der Waals surface area contributed by atoms with Crippen LogP contribution in [0.25, 0.3) is 0 Å². The number of anilines is 1. The zero-order valence-electron chi connectivity index (χ0n) is 11.6. The van der Waals surface area contributed by atoms with E-state index in [4.69, 9.17) is 5.26 Å². The molecule has 2 rings (SSSR count). The number of carbonyl (C=O) groups is 1. The van der Waals surface area contributed by atoms with Gasteiger partial charge in [-0.3, -0.25) is 4.79 Å². The van der Waals surface area contributed by atoms with E-state index in [9.17, 15) is 4.79 Å². The number of ketones is 1. The number of carbonyl (C=O) groups excluding carboxylic acids is 1. The summed E-state index contributed by atoms with van der Waals surface area (Å²) in [5.74, 6) is 0.126. The van der Waals surface area contributed by atoms with E-state index in [1.165, 1.54) is 4.88 Å². The number of nitriles is 1. The van der Waals surface area contributed by atoms with E-state index < -0.39 is 0 Å². The number of hydrogen-bond acceptors (Lipinski definition) is 4. The first-order chi connectivity index (χ1) is 9.63. The van der Waals surface area contributed by atoms with Crippen molar-refractivity contribution in [2.75, 3.05) is 18.5 Å². The van der Waals surface area contributed by atoms with Gasteiger partial charge in [-0.15, -0.1) is 11.3 Å². The molecule has 0 fully saturated rings. The van der Waals surface area contributed by atoms with Gasteiger partial charge in [0.2, 0.25) is 0 Å². The third-order valence-corrected chi connectivity index (χ3v) is 4.37. The van der Waals surface area contributed by atoms with Crippen molar-refractivity contribution in [2.24, 2.45) is 0 Å². The van der Waals surface area contributed by atoms with Crippen molar-refractivity contribution in [2.45, 2.75) is 13.3 Å². The van der Waals surface area contributed by atoms with Crippen molar-refractivity contribution in [3.05, 3.63) is 51.7 Å². The molecule has 20 heavy (non-hydrogen) atoms. The van der Waals surface area contributed by atoms with Crippen LogP contribution in [0.2, 0.25) is 0 Å². The third kappa shape index (κ3) is 3.25. The van der Waals surface area contributed by atoms with E-state index in [-0.39, 0.29) is 5.78 Å². The maximum absolute atomic E-state index is 12.2. The highest BCUT2D eigenvalue weighted by atomic mass is 32.1. The first kappa shape index (κ1) is 14.3. The van der Waals surface area contributed by atoms with Gasteiger partial charge in [-0.05, 0) is 42.8 Å². The number of aryl methyl sites for hydroxylation is 1. The summed E-state index contributed by atoms with van der Waals surface area (Å²) in [5, 5.41) is 8.77. The van der Waals surface area contributed by atoms with Crippen LogP contribution < -0.4 is 4.90 Å². The Balaban J connectivity index is 2.04. The Hall–Kier alpha value is -2.12. The number of Topliss-reactive ketones (excluding diaryl/α,β-unsaturated/α-hetero) is 1. The van der Waals surface area contributed by atoms with Crippen molar-refractivity contribution in [1.29, 1.82) is 5.26 Å². The monoisotopic (exact) mass is 284 g/mol. The molecular weight excluding hydrogens is 268 g/mol. The van der Waals surface area contributed by atoms with Crippen LogP contribution in [0, 0.1) is 11.3 Å². The molecule has 0 aliphatic carbocycles. The lowest BCUT2D eigenvalue weighted by Gasteiger charge is -2.17. The van der Waals surface area contributed by atoms with Crippen LogP contribution in [0.3, 0.4) is 0 Å². The normalized spacial score (nSPS) is 10.1. The zero-order valence-corrected chi connectivity index (χ0v) is 12.4. The van der Waals surface area contributed by atoms with Crippen molar-refractivity contribution in [1.82, 2.24) is 0 Å². The molecule has 4 heteroatoms. The Morgan fingerprint density at radius 3 is 2.50 bits per heavy atom. The molecule has 1 heterocycles. The molecule has 0 bridgehead atoms. The van der Waals surface area contributed by atoms with Crippen LogP contribution in [0.15, 0.2) is 36.4 Å². The molecular formula is C16H16N2OS. The minimum atomic E-state index is 0.126. The van der Waals surface area contributed by atoms with Crippen LogP contribution in [-0.4, -0.2) is 19.4 Å². The second kappa shape index (κ2) is 6.36. The van der Waals surface area contributed by atoms with Gasteiger partial charge in [0.05, 0.1) is 23.1 Å². The van der Waals surface area contributed by atoms with E-state index in [1.54, 1.807) is 23.5 Å². The number of benzene rings is 1. The summed E-state index contributed by atoms with van der Waals surface area (Å²) in [4.78, 5) is 16.1. The summed E-state index contributed by atoms with van der Waals surface area (Å²) >= 11 is 1.56. The van der Waals surface area contributed by atoms with Gasteiger partial charge in [0, 0.05) is 17.6 Å². The van der Waals surface area contributed by atoms with Gasteiger partial charge in [0.15, 0.2) is 5.78 Å². The molecule has 2 aromatic rings. The van der Waals surface area contributed by atoms with Gasteiger partial charge in [-0.25, -0.2) is 0 Å². The average Bonchev–Trinajstić information content (AvgIpc) is 2.96. The maximum Gasteiger partial charge on any atom is 0.191 e. The summed E-state index contributed by atoms with van der Waals surface area (Å²) in [5.41, 5.74) is 1.56. The minimum Gasteiger partial charge on any atom is -0.367 e. The zero-order chi connectivity index (χ0) is 14.5. The lowest BCUT2D eigenvalue weighted by atomic mass is 10.2. The average molecular weight is 284 g/mol. The molecule has 102 valence electrons. The molecule has 0 saturated carbocycles. The predicted octanol–water partition coefficient (Wildman–Crippen LogP) is 3.50. The Bertz CT molecular complexity index is 637. The molecule has 0 amide bonds. The van der Waals surface area contributed by atoms with Crippen molar-refractivity contribution in [3.8, 4) is 6.07 Å². The summed E-state index contributed by atoms with van der Waals surface area (Å²) in [6, 6.07) is 13.2. The van der Waals surface area contributed by atoms with E-state index in [0.717, 1.165) is 17.0 Å². The number of nitrogens with zero attached hydrogens (tertiary/aromatic N) is 2. The fourth-order valence-corrected chi connectivity index (χ4v) is 2.77. The number of likely N-dealkylation sites (N-methyl/N-ethyl adjacent to an activating group) is 1. The van der Waals surface area contributed by atoms with Gasteiger partial charge in [-0.1, -0.05) is 6.92 Å². The number of rotatable bonds is 5. The molecule has 0 radical (unpaired) electrons. The second-order valence-corrected chi connectivity index (χ2v) is 5.73. The second-order valence-electron chi connectivity index (χ2n) is 4.56. The van der Waals surface area contributed by atoms with Gasteiger partial charge < -0.3 is 4.90 Å². The van der Waals surface area contributed by atoms with Gasteiger partial charge >= 0.3 is 0 Å². The molecule has 0 spiro atoms. The Morgan fingerprint density at radius 1 is 1.25 bits per heavy atom. The summed E-state index contributed by atoms with van der Waals surface area (Å²) in [7, 11) is 1.88. The fraction of sp³-hybridized carbons (Fsp3) is 0.250. The van der Waals surface area contributed by atoms with Crippen LogP contribution >= 0.6 is 11.3 Å². The van der Waals surface area contributed by atoms with Gasteiger partial charge in [0.1, 0.15) is 0 Å². The van der Waals surface area contributed by atoms with Crippen LogP contribution in [0.5, 0.6) is 0 Å². The topological polar surface area (TPSA) is 44.1 Å². The first-order valence-electron chi connectivity index (χ1n) is 6.47. The first-order valence-corrected chi connectivity index (χ1v) is 7.29. The van der Waals surface area contributed by atoms with Gasteiger partial charge in [-0.2, -0.15) is 5.26 Å². The minimum absolute atomic E-state index is 0.126.